The van der Waals surface area contributed by atoms with Crippen LogP contribution in [0.25, 0.3) is 0 Å². The second-order valence-corrected chi connectivity index (χ2v) is 5.85. The molecule has 2 amide bonds. The Morgan fingerprint density at radius 2 is 2.22 bits per heavy atom. The number of likely N-dealkylation sites (tertiary alicyclic amines) is 1. The van der Waals surface area contributed by atoms with Crippen LogP contribution in [-0.2, 0) is 9.53 Å². The summed E-state index contributed by atoms with van der Waals surface area (Å²) in [5.74, 6) is -0.847. The standard InChI is InChI=1S/C17H23FN2O3/c1-3-9-23-17(22)20-8-4-5-13(11-20)16(21)19-14-7-6-12(2)15(18)10-14/h6-7,10,13H,3-5,8-9,11H2,1-2H3,(H,19,21). The molecule has 0 radical (unpaired) electrons. The highest BCUT2D eigenvalue weighted by Gasteiger charge is 2.29. The molecule has 0 aliphatic carbocycles. The van der Waals surface area contributed by atoms with Gasteiger partial charge in [-0.3, -0.25) is 4.79 Å². The molecule has 1 aromatic carbocycles. The van der Waals surface area contributed by atoms with Gasteiger partial charge in [-0.05, 0) is 43.9 Å². The van der Waals surface area contributed by atoms with Gasteiger partial charge in [-0.2, -0.15) is 0 Å². The lowest BCUT2D eigenvalue weighted by molar-refractivity contribution is -0.121. The summed E-state index contributed by atoms with van der Waals surface area (Å²) < 4.78 is 18.6. The van der Waals surface area contributed by atoms with Gasteiger partial charge >= 0.3 is 6.09 Å². The molecule has 126 valence electrons. The maximum Gasteiger partial charge on any atom is 0.409 e. The maximum absolute atomic E-state index is 13.5. The lowest BCUT2D eigenvalue weighted by Gasteiger charge is -2.31. The minimum atomic E-state index is -0.370. The zero-order valence-electron chi connectivity index (χ0n) is 13.6. The summed E-state index contributed by atoms with van der Waals surface area (Å²) in [6, 6.07) is 4.61. The number of rotatable bonds is 4. The normalized spacial score (nSPS) is 17.7. The third-order valence-electron chi connectivity index (χ3n) is 3.92. The predicted molar refractivity (Wildman–Crippen MR) is 85.7 cm³/mol. The summed E-state index contributed by atoms with van der Waals surface area (Å²) in [6.07, 6.45) is 1.85. The van der Waals surface area contributed by atoms with E-state index in [0.29, 0.717) is 37.4 Å². The number of halogens is 1. The van der Waals surface area contributed by atoms with E-state index in [4.69, 9.17) is 4.74 Å². The number of hydrogen-bond donors (Lipinski definition) is 1. The number of hydrogen-bond acceptors (Lipinski definition) is 3. The lowest BCUT2D eigenvalue weighted by Crippen LogP contribution is -2.44. The van der Waals surface area contributed by atoms with Crippen LogP contribution in [0.3, 0.4) is 0 Å². The number of benzene rings is 1. The topological polar surface area (TPSA) is 58.6 Å². The highest BCUT2D eigenvalue weighted by Crippen LogP contribution is 2.20. The molecule has 1 aliphatic heterocycles. The van der Waals surface area contributed by atoms with Crippen LogP contribution in [0.4, 0.5) is 14.9 Å². The molecule has 1 fully saturated rings. The zero-order chi connectivity index (χ0) is 16.8. The van der Waals surface area contributed by atoms with Gasteiger partial charge in [0.25, 0.3) is 0 Å². The third-order valence-corrected chi connectivity index (χ3v) is 3.92. The van der Waals surface area contributed by atoms with Crippen LogP contribution < -0.4 is 5.32 Å². The lowest BCUT2D eigenvalue weighted by atomic mass is 9.97. The number of nitrogens with one attached hydrogen (secondary N) is 1. The van der Waals surface area contributed by atoms with Crippen molar-refractivity contribution in [1.29, 1.82) is 0 Å². The minimum Gasteiger partial charge on any atom is -0.449 e. The van der Waals surface area contributed by atoms with Crippen LogP contribution in [-0.4, -0.2) is 36.6 Å². The van der Waals surface area contributed by atoms with Gasteiger partial charge in [0.1, 0.15) is 5.82 Å². The van der Waals surface area contributed by atoms with Crippen LogP contribution >= 0.6 is 0 Å². The Bertz CT molecular complexity index is 577. The van der Waals surface area contributed by atoms with Gasteiger partial charge in [-0.1, -0.05) is 13.0 Å². The summed E-state index contributed by atoms with van der Waals surface area (Å²) >= 11 is 0. The largest absolute Gasteiger partial charge is 0.449 e. The number of carbonyl (C=O) groups excluding carboxylic acids is 2. The van der Waals surface area contributed by atoms with E-state index in [2.05, 4.69) is 5.32 Å². The predicted octanol–water partition coefficient (Wildman–Crippen LogP) is 3.33. The smallest absolute Gasteiger partial charge is 0.409 e. The molecule has 23 heavy (non-hydrogen) atoms. The summed E-state index contributed by atoms with van der Waals surface area (Å²) in [6.45, 7) is 4.92. The first-order valence-corrected chi connectivity index (χ1v) is 8.00. The average molecular weight is 322 g/mol. The molecular formula is C17H23FN2O3. The molecule has 0 spiro atoms. The summed E-state index contributed by atoms with van der Waals surface area (Å²) in [7, 11) is 0. The summed E-state index contributed by atoms with van der Waals surface area (Å²) in [5, 5.41) is 2.72. The molecule has 1 unspecified atom stereocenters. The van der Waals surface area contributed by atoms with E-state index in [1.54, 1.807) is 24.0 Å². The highest BCUT2D eigenvalue weighted by molar-refractivity contribution is 5.93. The monoisotopic (exact) mass is 322 g/mol. The Morgan fingerprint density at radius 1 is 1.43 bits per heavy atom. The number of ether oxygens (including phenoxy) is 1. The van der Waals surface area contributed by atoms with Crippen molar-refractivity contribution in [3.8, 4) is 0 Å². The fraction of sp³-hybridized carbons (Fsp3) is 0.529. The van der Waals surface area contributed by atoms with E-state index in [1.807, 2.05) is 6.92 Å². The summed E-state index contributed by atoms with van der Waals surface area (Å²) in [4.78, 5) is 25.8. The molecule has 1 atom stereocenters. The third kappa shape index (κ3) is 4.68. The van der Waals surface area contributed by atoms with Crippen molar-refractivity contribution in [2.24, 2.45) is 5.92 Å². The number of piperidine rings is 1. The Balaban J connectivity index is 1.93. The molecule has 1 saturated heterocycles. The van der Waals surface area contributed by atoms with Crippen molar-refractivity contribution in [3.05, 3.63) is 29.6 Å². The Hall–Kier alpha value is -2.11. The molecule has 1 N–H and O–H groups in total. The highest BCUT2D eigenvalue weighted by atomic mass is 19.1. The van der Waals surface area contributed by atoms with Gasteiger partial charge in [0.05, 0.1) is 12.5 Å². The van der Waals surface area contributed by atoms with Crippen molar-refractivity contribution in [1.82, 2.24) is 4.90 Å². The maximum atomic E-state index is 13.5. The number of nitrogens with zero attached hydrogens (tertiary/aromatic N) is 1. The number of aryl methyl sites for hydroxylation is 1. The molecule has 0 aromatic heterocycles. The first-order valence-electron chi connectivity index (χ1n) is 8.00. The fourth-order valence-electron chi connectivity index (χ4n) is 2.55. The van der Waals surface area contributed by atoms with Crippen LogP contribution in [0.2, 0.25) is 0 Å². The van der Waals surface area contributed by atoms with Gasteiger partial charge in [0.15, 0.2) is 0 Å². The molecule has 1 aliphatic rings. The molecular weight excluding hydrogens is 299 g/mol. The zero-order valence-corrected chi connectivity index (χ0v) is 13.6. The molecule has 1 aromatic rings. The van der Waals surface area contributed by atoms with Gasteiger partial charge in [-0.15, -0.1) is 0 Å². The van der Waals surface area contributed by atoms with Crippen LogP contribution in [0.5, 0.6) is 0 Å². The molecule has 6 heteroatoms. The molecule has 2 rings (SSSR count). The quantitative estimate of drug-likeness (QED) is 0.925. The first kappa shape index (κ1) is 17.2. The summed E-state index contributed by atoms with van der Waals surface area (Å²) in [5.41, 5.74) is 0.967. The molecule has 0 bridgehead atoms. The second kappa shape index (κ2) is 7.94. The second-order valence-electron chi connectivity index (χ2n) is 5.85. The van der Waals surface area contributed by atoms with Gasteiger partial charge in [0.2, 0.25) is 5.91 Å². The first-order chi connectivity index (χ1) is 11.0. The number of amides is 2. The number of anilines is 1. The fourth-order valence-corrected chi connectivity index (χ4v) is 2.55. The van der Waals surface area contributed by atoms with E-state index >= 15 is 0 Å². The van der Waals surface area contributed by atoms with Crippen molar-refractivity contribution in [3.63, 3.8) is 0 Å². The van der Waals surface area contributed by atoms with E-state index in [1.165, 1.54) is 6.07 Å². The SMILES string of the molecule is CCCOC(=O)N1CCCC(C(=O)Nc2ccc(C)c(F)c2)C1. The van der Waals surface area contributed by atoms with E-state index < -0.39 is 0 Å². The van der Waals surface area contributed by atoms with Crippen LogP contribution in [0.1, 0.15) is 31.7 Å². The van der Waals surface area contributed by atoms with Crippen molar-refractivity contribution in [2.45, 2.75) is 33.1 Å². The molecule has 1 heterocycles. The van der Waals surface area contributed by atoms with Crippen molar-refractivity contribution >= 4 is 17.7 Å². The van der Waals surface area contributed by atoms with Crippen molar-refractivity contribution < 1.29 is 18.7 Å². The minimum absolute atomic E-state index is 0.193. The Labute approximate surface area is 135 Å². The van der Waals surface area contributed by atoms with Crippen molar-refractivity contribution in [2.75, 3.05) is 25.0 Å². The number of carbonyl (C=O) groups is 2. The van der Waals surface area contributed by atoms with E-state index in [0.717, 1.165) is 12.8 Å². The molecule has 5 nitrogen and oxygen atoms in total. The van der Waals surface area contributed by atoms with Gasteiger partial charge in [-0.25, -0.2) is 9.18 Å². The van der Waals surface area contributed by atoms with Gasteiger partial charge in [0, 0.05) is 18.8 Å². The Kier molecular flexibility index (Phi) is 5.96. The molecule has 0 saturated carbocycles. The average Bonchev–Trinajstić information content (AvgIpc) is 2.56. The Morgan fingerprint density at radius 3 is 2.91 bits per heavy atom. The van der Waals surface area contributed by atoms with Crippen LogP contribution in [0, 0.1) is 18.7 Å². The van der Waals surface area contributed by atoms with Crippen LogP contribution in [0.15, 0.2) is 18.2 Å². The van der Waals surface area contributed by atoms with E-state index in [-0.39, 0.29) is 23.7 Å². The van der Waals surface area contributed by atoms with E-state index in [9.17, 15) is 14.0 Å². The van der Waals surface area contributed by atoms with Gasteiger partial charge < -0.3 is 15.0 Å².